The molecule has 2 heteroatoms. The SMILES string of the molecule is CC1CC[Si](C)(C)C[Se]1. The van der Waals surface area contributed by atoms with E-state index in [1.807, 2.05) is 0 Å². The molecule has 54 valence electrons. The summed E-state index contributed by atoms with van der Waals surface area (Å²) in [6.07, 6.45) is 1.54. The topological polar surface area (TPSA) is 0 Å². The molecule has 1 heterocycles. The summed E-state index contributed by atoms with van der Waals surface area (Å²) in [6.45, 7) is 7.50. The van der Waals surface area contributed by atoms with Gasteiger partial charge in [-0.2, -0.15) is 0 Å². The van der Waals surface area contributed by atoms with Gasteiger partial charge in [-0.3, -0.25) is 0 Å². The van der Waals surface area contributed by atoms with Gasteiger partial charge in [0.25, 0.3) is 0 Å². The molecule has 0 saturated carbocycles. The van der Waals surface area contributed by atoms with Gasteiger partial charge >= 0.3 is 65.3 Å². The Bertz CT molecular complexity index is 91.1. The fourth-order valence-electron chi connectivity index (χ4n) is 1.12. The average molecular weight is 207 g/mol. The van der Waals surface area contributed by atoms with Gasteiger partial charge in [0, 0.05) is 0 Å². The first-order chi connectivity index (χ1) is 4.10. The van der Waals surface area contributed by atoms with E-state index in [1.165, 1.54) is 0 Å². The second-order valence-corrected chi connectivity index (χ2v) is 13.1. The molecule has 0 bridgehead atoms. The summed E-state index contributed by atoms with van der Waals surface area (Å²) in [6, 6.07) is 1.59. The van der Waals surface area contributed by atoms with Crippen molar-refractivity contribution in [3.05, 3.63) is 0 Å². The molecule has 1 rings (SSSR count). The van der Waals surface area contributed by atoms with Crippen LogP contribution in [0.5, 0.6) is 0 Å². The zero-order valence-electron chi connectivity index (χ0n) is 6.61. The molecular weight excluding hydrogens is 191 g/mol. The number of hydrogen-bond acceptors (Lipinski definition) is 0. The van der Waals surface area contributed by atoms with Crippen molar-refractivity contribution in [2.24, 2.45) is 0 Å². The van der Waals surface area contributed by atoms with Crippen LogP contribution < -0.4 is 0 Å². The Hall–Kier alpha value is 0.736. The first kappa shape index (κ1) is 7.84. The monoisotopic (exact) mass is 208 g/mol. The standard InChI is InChI=1S/C7H16SeSi/c1-7-4-5-9(2,3)6-8-7/h7H,4-6H2,1-3H3. The summed E-state index contributed by atoms with van der Waals surface area (Å²) in [4.78, 5) is 2.74. The molecule has 0 aromatic heterocycles. The van der Waals surface area contributed by atoms with Gasteiger partial charge in [0.2, 0.25) is 0 Å². The summed E-state index contributed by atoms with van der Waals surface area (Å²) in [5, 5.41) is 0. The van der Waals surface area contributed by atoms with Crippen LogP contribution in [0.3, 0.4) is 0 Å². The zero-order valence-corrected chi connectivity index (χ0v) is 9.32. The van der Waals surface area contributed by atoms with E-state index in [0.29, 0.717) is 0 Å². The maximum absolute atomic E-state index is 2.54. The molecule has 1 saturated heterocycles. The Kier molecular flexibility index (Phi) is 2.41. The second kappa shape index (κ2) is 2.77. The molecule has 0 nitrogen and oxygen atoms in total. The van der Waals surface area contributed by atoms with E-state index in [2.05, 4.69) is 20.0 Å². The summed E-state index contributed by atoms with van der Waals surface area (Å²) in [5.74, 6) is 0. The summed E-state index contributed by atoms with van der Waals surface area (Å²) < 4.78 is 0. The minimum absolute atomic E-state index is 0.604. The quantitative estimate of drug-likeness (QED) is 0.535. The van der Waals surface area contributed by atoms with Crippen molar-refractivity contribution in [1.29, 1.82) is 0 Å². The third-order valence-electron chi connectivity index (χ3n) is 1.99. The van der Waals surface area contributed by atoms with Crippen LogP contribution in [0, 0.1) is 0 Å². The van der Waals surface area contributed by atoms with Gasteiger partial charge in [-0.05, 0) is 0 Å². The number of rotatable bonds is 0. The van der Waals surface area contributed by atoms with E-state index in [-0.39, 0.29) is 0 Å². The van der Waals surface area contributed by atoms with E-state index < -0.39 is 8.07 Å². The fraction of sp³-hybridized carbons (Fsp3) is 1.00. The molecule has 9 heavy (non-hydrogen) atoms. The van der Waals surface area contributed by atoms with Crippen molar-refractivity contribution in [3.8, 4) is 0 Å². The first-order valence-corrected chi connectivity index (χ1v) is 9.33. The molecular formula is C7H16SeSi. The van der Waals surface area contributed by atoms with E-state index in [9.17, 15) is 0 Å². The normalized spacial score (nSPS) is 34.3. The third-order valence-corrected chi connectivity index (χ3v) is 12.2. The van der Waals surface area contributed by atoms with Crippen LogP contribution in [0.4, 0.5) is 0 Å². The van der Waals surface area contributed by atoms with E-state index in [0.717, 1.165) is 19.8 Å². The van der Waals surface area contributed by atoms with E-state index in [1.54, 1.807) is 17.4 Å². The van der Waals surface area contributed by atoms with Crippen LogP contribution in [-0.2, 0) is 0 Å². The van der Waals surface area contributed by atoms with Crippen LogP contribution in [0.15, 0.2) is 0 Å². The molecule has 1 aliphatic heterocycles. The van der Waals surface area contributed by atoms with Crippen molar-refractivity contribution in [2.45, 2.75) is 42.2 Å². The summed E-state index contributed by atoms with van der Waals surface area (Å²) >= 11 is 1.01. The molecule has 1 aliphatic rings. The minimum atomic E-state index is -0.604. The van der Waals surface area contributed by atoms with Gasteiger partial charge in [-0.1, -0.05) is 0 Å². The Balaban J connectivity index is 2.35. The Morgan fingerprint density at radius 3 is 2.44 bits per heavy atom. The molecule has 0 aliphatic carbocycles. The van der Waals surface area contributed by atoms with Crippen molar-refractivity contribution in [1.82, 2.24) is 0 Å². The molecule has 1 unspecified atom stereocenters. The Morgan fingerprint density at radius 1 is 1.44 bits per heavy atom. The van der Waals surface area contributed by atoms with E-state index in [4.69, 9.17) is 0 Å². The van der Waals surface area contributed by atoms with Crippen molar-refractivity contribution in [3.63, 3.8) is 0 Å². The van der Waals surface area contributed by atoms with Crippen LogP contribution in [0.1, 0.15) is 13.3 Å². The first-order valence-electron chi connectivity index (χ1n) is 3.72. The second-order valence-electron chi connectivity index (χ2n) is 3.82. The van der Waals surface area contributed by atoms with Gasteiger partial charge < -0.3 is 0 Å². The molecule has 1 atom stereocenters. The molecule has 0 amide bonds. The van der Waals surface area contributed by atoms with Gasteiger partial charge in [0.05, 0.1) is 0 Å². The Labute approximate surface area is 65.6 Å². The summed E-state index contributed by atoms with van der Waals surface area (Å²) in [5.41, 5.74) is 0. The maximum atomic E-state index is 2.54. The molecule has 0 aromatic rings. The van der Waals surface area contributed by atoms with Crippen molar-refractivity contribution in [2.75, 3.05) is 0 Å². The summed E-state index contributed by atoms with van der Waals surface area (Å²) in [7, 11) is -0.604. The number of hydrogen-bond donors (Lipinski definition) is 0. The third kappa shape index (κ3) is 2.44. The van der Waals surface area contributed by atoms with Gasteiger partial charge in [0.15, 0.2) is 0 Å². The van der Waals surface area contributed by atoms with Crippen molar-refractivity contribution >= 4 is 23.0 Å². The average Bonchev–Trinajstić information content (AvgIpc) is 1.78. The molecule has 1 fully saturated rings. The zero-order chi connectivity index (χ0) is 6.91. The molecule has 0 aromatic carbocycles. The van der Waals surface area contributed by atoms with Gasteiger partial charge in [0.1, 0.15) is 0 Å². The predicted octanol–water partition coefficient (Wildman–Crippen LogP) is 2.57. The van der Waals surface area contributed by atoms with Gasteiger partial charge in [-0.25, -0.2) is 0 Å². The van der Waals surface area contributed by atoms with Crippen LogP contribution in [0.2, 0.25) is 28.9 Å². The predicted molar refractivity (Wildman–Crippen MR) is 46.9 cm³/mol. The van der Waals surface area contributed by atoms with Crippen LogP contribution >= 0.6 is 0 Å². The van der Waals surface area contributed by atoms with Crippen LogP contribution in [-0.4, -0.2) is 23.0 Å². The molecule has 0 radical (unpaired) electrons. The van der Waals surface area contributed by atoms with Crippen molar-refractivity contribution < 1.29 is 0 Å². The van der Waals surface area contributed by atoms with E-state index >= 15 is 0 Å². The Morgan fingerprint density at radius 2 is 2.11 bits per heavy atom. The molecule has 0 spiro atoms. The molecule has 0 N–H and O–H groups in total. The fourth-order valence-corrected chi connectivity index (χ4v) is 9.82. The van der Waals surface area contributed by atoms with Crippen LogP contribution in [0.25, 0.3) is 0 Å². The van der Waals surface area contributed by atoms with Gasteiger partial charge in [-0.15, -0.1) is 0 Å².